The number of carbonyl (C=O) groups excluding carboxylic acids is 1. The first kappa shape index (κ1) is 15.2. The Kier molecular flexibility index (Phi) is 6.06. The third kappa shape index (κ3) is 4.73. The van der Waals surface area contributed by atoms with E-state index in [4.69, 9.17) is 4.74 Å². The van der Waals surface area contributed by atoms with Crippen LogP contribution in [0, 0.1) is 5.82 Å². The molecule has 1 N–H and O–H groups in total. The predicted molar refractivity (Wildman–Crippen MR) is 73.6 cm³/mol. The lowest BCUT2D eigenvalue weighted by Gasteiger charge is -2.15. The Morgan fingerprint density at radius 2 is 2.26 bits per heavy atom. The van der Waals surface area contributed by atoms with Crippen molar-refractivity contribution >= 4 is 5.91 Å². The molecule has 0 saturated carbocycles. The van der Waals surface area contributed by atoms with Gasteiger partial charge in [0.05, 0.1) is 12.6 Å². The van der Waals surface area contributed by atoms with E-state index in [0.717, 1.165) is 5.56 Å². The van der Waals surface area contributed by atoms with E-state index in [1.807, 2.05) is 19.9 Å². The second kappa shape index (κ2) is 7.56. The number of allylic oxidation sites excluding steroid dienone is 1. The average Bonchev–Trinajstić information content (AvgIpc) is 2.38. The van der Waals surface area contributed by atoms with Crippen LogP contribution < -0.4 is 10.1 Å². The van der Waals surface area contributed by atoms with Gasteiger partial charge in [-0.05, 0) is 38.5 Å². The highest BCUT2D eigenvalue weighted by Gasteiger charge is 2.11. The lowest BCUT2D eigenvalue weighted by Crippen LogP contribution is -2.25. The molecule has 1 unspecified atom stereocenters. The van der Waals surface area contributed by atoms with Crippen LogP contribution in [-0.4, -0.2) is 12.5 Å². The number of benzene rings is 1. The van der Waals surface area contributed by atoms with Crippen LogP contribution in [0.4, 0.5) is 4.39 Å². The highest BCUT2D eigenvalue weighted by atomic mass is 19.1. The number of nitrogens with one attached hydrogen (secondary N) is 1. The van der Waals surface area contributed by atoms with Crippen molar-refractivity contribution in [2.75, 3.05) is 6.61 Å². The summed E-state index contributed by atoms with van der Waals surface area (Å²) < 4.78 is 18.8. The van der Waals surface area contributed by atoms with Gasteiger partial charge in [0.25, 0.3) is 0 Å². The van der Waals surface area contributed by atoms with Crippen molar-refractivity contribution in [2.45, 2.75) is 33.2 Å². The quantitative estimate of drug-likeness (QED) is 0.801. The van der Waals surface area contributed by atoms with E-state index in [2.05, 4.69) is 5.32 Å². The first-order chi connectivity index (χ1) is 9.08. The minimum absolute atomic E-state index is 0.0834. The molecule has 1 rings (SSSR count). The molecule has 19 heavy (non-hydrogen) atoms. The normalized spacial score (nSPS) is 12.4. The maximum Gasteiger partial charge on any atom is 0.224 e. The van der Waals surface area contributed by atoms with Crippen LogP contribution in [0.2, 0.25) is 0 Å². The summed E-state index contributed by atoms with van der Waals surface area (Å²) in [7, 11) is 0. The number of halogens is 1. The number of rotatable bonds is 6. The molecule has 0 aromatic heterocycles. The Balaban J connectivity index is 2.69. The Morgan fingerprint density at radius 1 is 1.53 bits per heavy atom. The summed E-state index contributed by atoms with van der Waals surface area (Å²) in [5.74, 6) is -0.257. The molecular formula is C15H20FNO2. The van der Waals surface area contributed by atoms with Crippen LogP contribution in [-0.2, 0) is 4.79 Å². The topological polar surface area (TPSA) is 38.3 Å². The molecule has 0 spiro atoms. The van der Waals surface area contributed by atoms with Crippen LogP contribution in [0.5, 0.6) is 5.75 Å². The molecular weight excluding hydrogens is 245 g/mol. The summed E-state index contributed by atoms with van der Waals surface area (Å²) in [4.78, 5) is 11.6. The molecule has 104 valence electrons. The largest absolute Gasteiger partial charge is 0.491 e. The zero-order valence-electron chi connectivity index (χ0n) is 11.6. The van der Waals surface area contributed by atoms with Crippen molar-refractivity contribution in [1.29, 1.82) is 0 Å². The van der Waals surface area contributed by atoms with E-state index >= 15 is 0 Å². The second-order valence-corrected chi connectivity index (χ2v) is 4.19. The van der Waals surface area contributed by atoms with Gasteiger partial charge < -0.3 is 10.1 Å². The van der Waals surface area contributed by atoms with Gasteiger partial charge in [-0.1, -0.05) is 18.2 Å². The molecule has 1 atom stereocenters. The molecule has 1 aromatic carbocycles. The first-order valence-corrected chi connectivity index (χ1v) is 6.41. The third-order valence-corrected chi connectivity index (χ3v) is 2.67. The van der Waals surface area contributed by atoms with Crippen molar-refractivity contribution in [3.63, 3.8) is 0 Å². The summed E-state index contributed by atoms with van der Waals surface area (Å²) in [5.41, 5.74) is 0.717. The van der Waals surface area contributed by atoms with Crippen LogP contribution >= 0.6 is 0 Å². The van der Waals surface area contributed by atoms with Gasteiger partial charge in [-0.2, -0.15) is 0 Å². The van der Waals surface area contributed by atoms with Gasteiger partial charge in [0.15, 0.2) is 11.6 Å². The van der Waals surface area contributed by atoms with E-state index in [0.29, 0.717) is 13.0 Å². The number of carbonyl (C=O) groups is 1. The van der Waals surface area contributed by atoms with Gasteiger partial charge in [0.2, 0.25) is 5.91 Å². The van der Waals surface area contributed by atoms with Gasteiger partial charge in [-0.15, -0.1) is 0 Å². The summed E-state index contributed by atoms with van der Waals surface area (Å²) in [6.07, 6.45) is 3.93. The minimum Gasteiger partial charge on any atom is -0.491 e. The summed E-state index contributed by atoms with van der Waals surface area (Å²) in [6.45, 7) is 5.91. The Bertz CT molecular complexity index is 457. The van der Waals surface area contributed by atoms with Crippen LogP contribution in [0.15, 0.2) is 30.4 Å². The van der Waals surface area contributed by atoms with Crippen molar-refractivity contribution in [3.05, 3.63) is 41.7 Å². The Hall–Kier alpha value is -1.84. The van der Waals surface area contributed by atoms with Gasteiger partial charge in [-0.25, -0.2) is 4.39 Å². The lowest BCUT2D eigenvalue weighted by molar-refractivity contribution is -0.120. The molecule has 0 radical (unpaired) electrons. The monoisotopic (exact) mass is 265 g/mol. The minimum atomic E-state index is -0.408. The number of amides is 1. The lowest BCUT2D eigenvalue weighted by atomic mass is 10.1. The number of hydrogen-bond acceptors (Lipinski definition) is 2. The zero-order chi connectivity index (χ0) is 14.3. The average molecular weight is 265 g/mol. The van der Waals surface area contributed by atoms with Gasteiger partial charge in [0, 0.05) is 6.42 Å². The predicted octanol–water partition coefficient (Wildman–Crippen LogP) is 3.37. The molecule has 4 heteroatoms. The zero-order valence-corrected chi connectivity index (χ0v) is 11.6. The fourth-order valence-electron chi connectivity index (χ4n) is 1.67. The van der Waals surface area contributed by atoms with Crippen LogP contribution in [0.3, 0.4) is 0 Å². The summed E-state index contributed by atoms with van der Waals surface area (Å²) in [5, 5.41) is 2.81. The molecule has 0 heterocycles. The highest BCUT2D eigenvalue weighted by Crippen LogP contribution is 2.22. The molecule has 0 bridgehead atoms. The van der Waals surface area contributed by atoms with Gasteiger partial charge in [0.1, 0.15) is 0 Å². The van der Waals surface area contributed by atoms with Crippen LogP contribution in [0.1, 0.15) is 38.8 Å². The van der Waals surface area contributed by atoms with Crippen molar-refractivity contribution in [2.24, 2.45) is 0 Å². The molecule has 1 aromatic rings. The van der Waals surface area contributed by atoms with E-state index in [-0.39, 0.29) is 17.7 Å². The molecule has 3 nitrogen and oxygen atoms in total. The second-order valence-electron chi connectivity index (χ2n) is 4.19. The van der Waals surface area contributed by atoms with E-state index < -0.39 is 5.82 Å². The molecule has 0 saturated heterocycles. The molecule has 0 aliphatic carbocycles. The molecule has 0 aliphatic rings. The number of ether oxygens (including phenoxy) is 1. The van der Waals surface area contributed by atoms with Crippen molar-refractivity contribution in [3.8, 4) is 5.75 Å². The van der Waals surface area contributed by atoms with Crippen molar-refractivity contribution < 1.29 is 13.9 Å². The Labute approximate surface area is 113 Å². The van der Waals surface area contributed by atoms with E-state index in [1.54, 1.807) is 25.1 Å². The maximum atomic E-state index is 13.7. The SMILES string of the molecule is CC=CCC(=O)NC(C)c1ccc(OCC)c(F)c1. The first-order valence-electron chi connectivity index (χ1n) is 6.41. The Morgan fingerprint density at radius 3 is 2.84 bits per heavy atom. The third-order valence-electron chi connectivity index (χ3n) is 2.67. The van der Waals surface area contributed by atoms with Crippen molar-refractivity contribution in [1.82, 2.24) is 5.32 Å². The molecule has 0 fully saturated rings. The van der Waals surface area contributed by atoms with Gasteiger partial charge in [-0.3, -0.25) is 4.79 Å². The smallest absolute Gasteiger partial charge is 0.224 e. The molecule has 0 aliphatic heterocycles. The number of hydrogen-bond donors (Lipinski definition) is 1. The summed E-state index contributed by atoms with van der Waals surface area (Å²) >= 11 is 0. The van der Waals surface area contributed by atoms with E-state index in [9.17, 15) is 9.18 Å². The highest BCUT2D eigenvalue weighted by molar-refractivity contribution is 5.77. The van der Waals surface area contributed by atoms with Crippen LogP contribution in [0.25, 0.3) is 0 Å². The standard InChI is InChI=1S/C15H20FNO2/c1-4-6-7-15(18)17-11(3)12-8-9-14(19-5-2)13(16)10-12/h4,6,8-11H,5,7H2,1-3H3,(H,17,18). The maximum absolute atomic E-state index is 13.7. The van der Waals surface area contributed by atoms with Gasteiger partial charge >= 0.3 is 0 Å². The fraction of sp³-hybridized carbons (Fsp3) is 0.400. The molecule has 1 amide bonds. The summed E-state index contributed by atoms with van der Waals surface area (Å²) in [6, 6.07) is 4.51. The fourth-order valence-corrected chi connectivity index (χ4v) is 1.67. The van der Waals surface area contributed by atoms with E-state index in [1.165, 1.54) is 6.07 Å².